The number of amides is 1. The fourth-order valence-corrected chi connectivity index (χ4v) is 4.49. The first-order valence-electron chi connectivity index (χ1n) is 7.95. The number of nitrogens with one attached hydrogen (secondary N) is 2. The molecule has 2 N–H and O–H groups in total. The maximum absolute atomic E-state index is 12.2. The largest absolute Gasteiger partial charge is 0.349 e. The number of carbonyl (C=O) groups is 1. The highest BCUT2D eigenvalue weighted by Crippen LogP contribution is 2.24. The van der Waals surface area contributed by atoms with E-state index in [2.05, 4.69) is 31.9 Å². The van der Waals surface area contributed by atoms with E-state index in [1.54, 1.807) is 17.4 Å². The number of rotatable bonds is 5. The molecule has 24 heavy (non-hydrogen) atoms. The summed E-state index contributed by atoms with van der Waals surface area (Å²) in [4.78, 5) is 17.2. The SMILES string of the molecule is O=C(NCCN1CCc2sccc2C1)c1cc(-c2cccs2)[nH]n1. The third-order valence-corrected chi connectivity index (χ3v) is 6.12. The number of carbonyl (C=O) groups excluding carboxylic acids is 1. The third kappa shape index (κ3) is 3.28. The Hall–Kier alpha value is -1.96. The minimum absolute atomic E-state index is 0.123. The van der Waals surface area contributed by atoms with Crippen molar-refractivity contribution in [2.45, 2.75) is 13.0 Å². The number of hydrogen-bond donors (Lipinski definition) is 2. The summed E-state index contributed by atoms with van der Waals surface area (Å²) >= 11 is 3.47. The molecule has 0 atom stereocenters. The monoisotopic (exact) mass is 358 g/mol. The lowest BCUT2D eigenvalue weighted by atomic mass is 10.1. The molecule has 7 heteroatoms. The van der Waals surface area contributed by atoms with Crippen molar-refractivity contribution in [1.82, 2.24) is 20.4 Å². The van der Waals surface area contributed by atoms with Crippen LogP contribution in [0.15, 0.2) is 35.0 Å². The van der Waals surface area contributed by atoms with Crippen molar-refractivity contribution in [3.63, 3.8) is 0 Å². The summed E-state index contributed by atoms with van der Waals surface area (Å²) in [6, 6.07) is 8.01. The van der Waals surface area contributed by atoms with Gasteiger partial charge in [-0.05, 0) is 40.9 Å². The van der Waals surface area contributed by atoms with Crippen molar-refractivity contribution in [2.75, 3.05) is 19.6 Å². The Kier molecular flexibility index (Phi) is 4.46. The molecule has 1 aliphatic heterocycles. The molecule has 3 aromatic heterocycles. The molecule has 124 valence electrons. The quantitative estimate of drug-likeness (QED) is 0.737. The normalized spacial score (nSPS) is 14.5. The van der Waals surface area contributed by atoms with Crippen molar-refractivity contribution in [3.8, 4) is 10.6 Å². The highest BCUT2D eigenvalue weighted by atomic mass is 32.1. The molecule has 0 aliphatic carbocycles. The highest BCUT2D eigenvalue weighted by Gasteiger charge is 2.17. The van der Waals surface area contributed by atoms with E-state index in [0.717, 1.165) is 36.6 Å². The first kappa shape index (κ1) is 15.6. The summed E-state index contributed by atoms with van der Waals surface area (Å²) in [6.07, 6.45) is 1.12. The van der Waals surface area contributed by atoms with Gasteiger partial charge in [-0.1, -0.05) is 6.07 Å². The Morgan fingerprint density at radius 3 is 3.17 bits per heavy atom. The summed E-state index contributed by atoms with van der Waals surface area (Å²) in [6.45, 7) is 3.55. The van der Waals surface area contributed by atoms with Crippen molar-refractivity contribution in [2.24, 2.45) is 0 Å². The molecular formula is C17H18N4OS2. The second-order valence-corrected chi connectivity index (χ2v) is 7.74. The lowest BCUT2D eigenvalue weighted by molar-refractivity contribution is 0.0942. The molecule has 0 fully saturated rings. The Labute approximate surface area is 148 Å². The lowest BCUT2D eigenvalue weighted by Gasteiger charge is -2.26. The molecule has 0 saturated heterocycles. The van der Waals surface area contributed by atoms with Gasteiger partial charge in [0.1, 0.15) is 0 Å². The molecule has 3 aromatic rings. The van der Waals surface area contributed by atoms with Crippen LogP contribution in [0.5, 0.6) is 0 Å². The lowest BCUT2D eigenvalue weighted by Crippen LogP contribution is -2.37. The Balaban J connectivity index is 1.28. The van der Waals surface area contributed by atoms with Gasteiger partial charge in [0, 0.05) is 31.1 Å². The number of hydrogen-bond acceptors (Lipinski definition) is 5. The maximum Gasteiger partial charge on any atom is 0.271 e. The second-order valence-electron chi connectivity index (χ2n) is 5.80. The molecule has 5 nitrogen and oxygen atoms in total. The van der Waals surface area contributed by atoms with E-state index in [1.165, 1.54) is 10.4 Å². The summed E-state index contributed by atoms with van der Waals surface area (Å²) in [5.74, 6) is -0.123. The van der Waals surface area contributed by atoms with Gasteiger partial charge >= 0.3 is 0 Å². The van der Waals surface area contributed by atoms with Gasteiger partial charge in [0.25, 0.3) is 5.91 Å². The molecule has 4 heterocycles. The number of nitrogens with zero attached hydrogens (tertiary/aromatic N) is 2. The van der Waals surface area contributed by atoms with Crippen molar-refractivity contribution in [3.05, 3.63) is 51.2 Å². The molecular weight excluding hydrogens is 340 g/mol. The van der Waals surface area contributed by atoms with Gasteiger partial charge in [0.2, 0.25) is 0 Å². The number of H-pyrrole nitrogens is 1. The average molecular weight is 358 g/mol. The molecule has 0 saturated carbocycles. The first-order valence-corrected chi connectivity index (χ1v) is 9.70. The van der Waals surface area contributed by atoms with Crippen LogP contribution in [0.3, 0.4) is 0 Å². The van der Waals surface area contributed by atoms with Crippen molar-refractivity contribution in [1.29, 1.82) is 0 Å². The van der Waals surface area contributed by atoms with Crippen LogP contribution in [0.4, 0.5) is 0 Å². The minimum atomic E-state index is -0.123. The summed E-state index contributed by atoms with van der Waals surface area (Å²) < 4.78 is 0. The number of aromatic amines is 1. The summed E-state index contributed by atoms with van der Waals surface area (Å²) in [5.41, 5.74) is 2.76. The zero-order chi connectivity index (χ0) is 16.4. The van der Waals surface area contributed by atoms with E-state index in [4.69, 9.17) is 0 Å². The maximum atomic E-state index is 12.2. The van der Waals surface area contributed by atoms with Crippen LogP contribution in [0.25, 0.3) is 10.6 Å². The zero-order valence-electron chi connectivity index (χ0n) is 13.1. The van der Waals surface area contributed by atoms with Crippen LogP contribution in [-0.2, 0) is 13.0 Å². The van der Waals surface area contributed by atoms with Gasteiger partial charge in [0.15, 0.2) is 5.69 Å². The molecule has 0 aromatic carbocycles. The smallest absolute Gasteiger partial charge is 0.271 e. The van der Waals surface area contributed by atoms with Gasteiger partial charge in [-0.15, -0.1) is 22.7 Å². The molecule has 0 radical (unpaired) electrons. The molecule has 0 spiro atoms. The number of thiophene rings is 2. The average Bonchev–Trinajstić information content (AvgIpc) is 3.33. The van der Waals surface area contributed by atoms with Gasteiger partial charge in [-0.3, -0.25) is 14.8 Å². The van der Waals surface area contributed by atoms with Gasteiger partial charge in [-0.25, -0.2) is 0 Å². The van der Waals surface area contributed by atoms with Crippen LogP contribution in [0.2, 0.25) is 0 Å². The molecule has 0 unspecified atom stereocenters. The van der Waals surface area contributed by atoms with Gasteiger partial charge < -0.3 is 5.32 Å². The first-order chi connectivity index (χ1) is 11.8. The van der Waals surface area contributed by atoms with E-state index in [1.807, 2.05) is 28.8 Å². The fourth-order valence-electron chi connectivity index (χ4n) is 2.91. The van der Waals surface area contributed by atoms with Gasteiger partial charge in [0.05, 0.1) is 10.6 Å². The van der Waals surface area contributed by atoms with E-state index in [0.29, 0.717) is 12.2 Å². The van der Waals surface area contributed by atoms with Gasteiger partial charge in [-0.2, -0.15) is 5.10 Å². The number of fused-ring (bicyclic) bond motifs is 1. The third-order valence-electron chi connectivity index (χ3n) is 4.20. The van der Waals surface area contributed by atoms with Crippen LogP contribution in [0, 0.1) is 0 Å². The van der Waals surface area contributed by atoms with E-state index < -0.39 is 0 Å². The predicted octanol–water partition coefficient (Wildman–Crippen LogP) is 2.99. The van der Waals surface area contributed by atoms with Crippen LogP contribution >= 0.6 is 22.7 Å². The zero-order valence-corrected chi connectivity index (χ0v) is 14.8. The molecule has 0 bridgehead atoms. The predicted molar refractivity (Wildman–Crippen MR) is 97.5 cm³/mol. The van der Waals surface area contributed by atoms with Crippen LogP contribution < -0.4 is 5.32 Å². The van der Waals surface area contributed by atoms with E-state index >= 15 is 0 Å². The molecule has 4 rings (SSSR count). The molecule has 1 amide bonds. The van der Waals surface area contributed by atoms with Crippen molar-refractivity contribution < 1.29 is 4.79 Å². The van der Waals surface area contributed by atoms with Crippen LogP contribution in [-0.4, -0.2) is 40.6 Å². The van der Waals surface area contributed by atoms with E-state index in [9.17, 15) is 4.79 Å². The van der Waals surface area contributed by atoms with Crippen LogP contribution in [0.1, 0.15) is 20.9 Å². The Morgan fingerprint density at radius 1 is 1.33 bits per heavy atom. The number of aromatic nitrogens is 2. The summed E-state index contributed by atoms with van der Waals surface area (Å²) in [5, 5.41) is 14.2. The highest BCUT2D eigenvalue weighted by molar-refractivity contribution is 7.13. The summed E-state index contributed by atoms with van der Waals surface area (Å²) in [7, 11) is 0. The second kappa shape index (κ2) is 6.88. The topological polar surface area (TPSA) is 61.0 Å². The fraction of sp³-hybridized carbons (Fsp3) is 0.294. The van der Waals surface area contributed by atoms with Crippen molar-refractivity contribution >= 4 is 28.6 Å². The van der Waals surface area contributed by atoms with E-state index in [-0.39, 0.29) is 5.91 Å². The standard InChI is InChI=1S/C17H18N4OS2/c22-17(14-10-13(19-20-14)16-2-1-8-23-16)18-5-7-21-6-3-15-12(11-21)4-9-24-15/h1-2,4,8-10H,3,5-7,11H2,(H,18,22)(H,19,20). The Morgan fingerprint density at radius 2 is 2.29 bits per heavy atom. The molecule has 1 aliphatic rings. The Bertz CT molecular complexity index is 821. The minimum Gasteiger partial charge on any atom is -0.349 e.